The molecule has 0 bridgehead atoms. The number of carbonyl (C=O) groups excluding carboxylic acids is 1. The normalized spacial score (nSPS) is 10.0. The molecule has 0 radical (unpaired) electrons. The van der Waals surface area contributed by atoms with Crippen LogP contribution in [0.25, 0.3) is 0 Å². The molecule has 6 nitrogen and oxygen atoms in total. The molecule has 0 amide bonds. The Bertz CT molecular complexity index is 794. The van der Waals surface area contributed by atoms with E-state index in [2.05, 4.69) is 13.8 Å². The minimum Gasteiger partial charge on any atom is -0.872 e. The molecule has 0 heterocycles. The van der Waals surface area contributed by atoms with Gasteiger partial charge in [0.2, 0.25) is 0 Å². The van der Waals surface area contributed by atoms with E-state index >= 15 is 0 Å². The number of aromatic hydroxyl groups is 1. The van der Waals surface area contributed by atoms with Gasteiger partial charge in [-0.05, 0) is 54.5 Å². The van der Waals surface area contributed by atoms with Crippen LogP contribution in [-0.4, -0.2) is 59.9 Å². The second kappa shape index (κ2) is 17.7. The number of hydrogen-bond acceptors (Lipinski definition) is 5. The van der Waals surface area contributed by atoms with E-state index in [0.717, 1.165) is 43.2 Å². The molecule has 176 valence electrons. The van der Waals surface area contributed by atoms with Crippen LogP contribution in [0.4, 0.5) is 0 Å². The average molecular weight is 483 g/mol. The van der Waals surface area contributed by atoms with E-state index < -0.39 is 17.7 Å². The molecule has 0 fully saturated rings. The molecule has 0 unspecified atom stereocenters. The summed E-state index contributed by atoms with van der Waals surface area (Å²) in [5.41, 5.74) is 1.62. The van der Waals surface area contributed by atoms with Crippen molar-refractivity contribution in [2.75, 3.05) is 0 Å². The van der Waals surface area contributed by atoms with E-state index in [1.807, 2.05) is 0 Å². The Morgan fingerprint density at radius 1 is 0.788 bits per heavy atom. The number of aromatic carboxylic acids is 2. The molecular weight excluding hydrogens is 448 g/mol. The van der Waals surface area contributed by atoms with E-state index in [1.54, 1.807) is 18.2 Å². The number of benzene rings is 2. The number of unbranched alkanes of at least 4 members (excludes halogenated alkanes) is 6. The summed E-state index contributed by atoms with van der Waals surface area (Å²) >= 11 is 0. The van der Waals surface area contributed by atoms with Crippen molar-refractivity contribution in [3.05, 3.63) is 58.7 Å². The maximum Gasteiger partial charge on any atom is 2.00 e. The predicted molar refractivity (Wildman–Crippen MR) is 127 cm³/mol. The fourth-order valence-corrected chi connectivity index (χ4v) is 3.32. The minimum absolute atomic E-state index is 0. The molecule has 0 aromatic heterocycles. The summed E-state index contributed by atoms with van der Waals surface area (Å²) in [6.07, 6.45) is 11.0. The van der Waals surface area contributed by atoms with E-state index in [0.29, 0.717) is 0 Å². The van der Waals surface area contributed by atoms with Crippen LogP contribution in [0.2, 0.25) is 0 Å². The Kier molecular flexibility index (Phi) is 16.7. The summed E-state index contributed by atoms with van der Waals surface area (Å²) in [7, 11) is 0. The van der Waals surface area contributed by atoms with Crippen molar-refractivity contribution >= 4 is 49.7 Å². The molecule has 2 rings (SSSR count). The number of rotatable bonds is 12. The molecule has 7 heteroatoms. The van der Waals surface area contributed by atoms with Crippen molar-refractivity contribution in [2.45, 2.75) is 78.1 Å². The summed E-state index contributed by atoms with van der Waals surface area (Å²) in [5, 5.41) is 40.1. The van der Waals surface area contributed by atoms with Crippen molar-refractivity contribution in [1.29, 1.82) is 0 Å². The molecule has 2 N–H and O–H groups in total. The van der Waals surface area contributed by atoms with Gasteiger partial charge in [0.1, 0.15) is 11.3 Å². The van der Waals surface area contributed by atoms with Crippen LogP contribution in [0.1, 0.15) is 97.1 Å². The molecule has 0 atom stereocenters. The quantitative estimate of drug-likeness (QED) is 0.347. The summed E-state index contributed by atoms with van der Waals surface area (Å²) in [6, 6.07) is 9.22. The fraction of sp³-hybridized carbons (Fsp3) is 0.462. The first kappa shape index (κ1) is 31.2. The van der Waals surface area contributed by atoms with E-state index in [-0.39, 0.29) is 54.6 Å². The predicted octanol–water partition coefficient (Wildman–Crippen LogP) is 4.08. The first-order valence-corrected chi connectivity index (χ1v) is 11.4. The molecule has 2 aromatic rings. The van der Waals surface area contributed by atoms with Gasteiger partial charge in [-0.2, -0.15) is 0 Å². The van der Waals surface area contributed by atoms with Gasteiger partial charge >= 0.3 is 43.7 Å². The maximum atomic E-state index is 11.3. The molecule has 0 aliphatic rings. The molecule has 0 saturated carbocycles. The van der Waals surface area contributed by atoms with Gasteiger partial charge in [0, 0.05) is 0 Å². The zero-order valence-electron chi connectivity index (χ0n) is 19.8. The standard InChI is InChI=1S/2C13H18O3.Ca/c2*1-2-3-4-5-6-10-7-8-11(13(15)16)12(14)9-10;/h2*7-9,14H,2-6H2,1H3,(H,15,16);/q;;+2/p-2. The Labute approximate surface area is 226 Å². The zero-order chi connectivity index (χ0) is 23.9. The van der Waals surface area contributed by atoms with E-state index in [1.165, 1.54) is 50.3 Å². The molecule has 33 heavy (non-hydrogen) atoms. The smallest absolute Gasteiger partial charge is 0.872 e. The van der Waals surface area contributed by atoms with Crippen molar-refractivity contribution < 1.29 is 30.0 Å². The monoisotopic (exact) mass is 482 g/mol. The third-order valence-electron chi connectivity index (χ3n) is 5.20. The van der Waals surface area contributed by atoms with Gasteiger partial charge in [-0.25, -0.2) is 4.79 Å². The van der Waals surface area contributed by atoms with Crippen molar-refractivity contribution in [3.63, 3.8) is 0 Å². The Morgan fingerprint density at radius 3 is 1.67 bits per heavy atom. The number of hydrogen-bond donors (Lipinski definition) is 2. The number of aryl methyl sites for hydroxylation is 2. The third-order valence-corrected chi connectivity index (χ3v) is 5.20. The van der Waals surface area contributed by atoms with Gasteiger partial charge in [-0.3, -0.25) is 0 Å². The van der Waals surface area contributed by atoms with Crippen molar-refractivity contribution in [3.8, 4) is 11.5 Å². The van der Waals surface area contributed by atoms with Crippen LogP contribution in [0.15, 0.2) is 36.4 Å². The SMILES string of the molecule is CCCCCCc1ccc(C(=O)O)c(O)c1.CCCCCCc1ccc(C(=O)[O-])c([O-])c1.[Ca+2]. The number of carboxylic acid groups (broad SMARTS) is 2. The fourth-order valence-electron chi connectivity index (χ4n) is 3.32. The van der Waals surface area contributed by atoms with E-state index in [9.17, 15) is 24.9 Å². The number of carbonyl (C=O) groups is 2. The van der Waals surface area contributed by atoms with Gasteiger partial charge in [0.25, 0.3) is 0 Å². The minimum atomic E-state index is -1.40. The van der Waals surface area contributed by atoms with E-state index in [4.69, 9.17) is 5.11 Å². The molecule has 0 spiro atoms. The van der Waals surface area contributed by atoms with Crippen molar-refractivity contribution in [2.24, 2.45) is 0 Å². The van der Waals surface area contributed by atoms with Gasteiger partial charge in [-0.15, -0.1) is 0 Å². The van der Waals surface area contributed by atoms with Gasteiger partial charge in [0.15, 0.2) is 0 Å². The summed E-state index contributed by atoms with van der Waals surface area (Å²) in [4.78, 5) is 21.2. The van der Waals surface area contributed by atoms with Crippen LogP contribution in [0, 0.1) is 0 Å². The topological polar surface area (TPSA) is 121 Å². The molecule has 0 aliphatic carbocycles. The summed E-state index contributed by atoms with van der Waals surface area (Å²) < 4.78 is 0. The van der Waals surface area contributed by atoms with Gasteiger partial charge in [-0.1, -0.05) is 82.4 Å². The van der Waals surface area contributed by atoms with Crippen LogP contribution in [0.5, 0.6) is 11.5 Å². The van der Waals surface area contributed by atoms with Crippen LogP contribution < -0.4 is 10.2 Å². The largest absolute Gasteiger partial charge is 2.00 e. The first-order valence-electron chi connectivity index (χ1n) is 11.4. The first-order chi connectivity index (χ1) is 15.3. The summed E-state index contributed by atoms with van der Waals surface area (Å²) in [5.74, 6) is -3.08. The van der Waals surface area contributed by atoms with Crippen LogP contribution in [-0.2, 0) is 12.8 Å². The van der Waals surface area contributed by atoms with Crippen molar-refractivity contribution in [1.82, 2.24) is 0 Å². The van der Waals surface area contributed by atoms with Gasteiger partial charge in [0.05, 0.1) is 5.97 Å². The molecule has 0 saturated heterocycles. The molecule has 0 aliphatic heterocycles. The van der Waals surface area contributed by atoms with Gasteiger partial charge < -0.3 is 25.2 Å². The van der Waals surface area contributed by atoms with Crippen LogP contribution >= 0.6 is 0 Å². The Balaban J connectivity index is 0.000000602. The molecular formula is C26H34CaO6. The van der Waals surface area contributed by atoms with Crippen LogP contribution in [0.3, 0.4) is 0 Å². The Hall–Kier alpha value is -1.76. The second-order valence-electron chi connectivity index (χ2n) is 7.90. The maximum absolute atomic E-state index is 11.3. The second-order valence-corrected chi connectivity index (χ2v) is 7.90. The Morgan fingerprint density at radius 2 is 1.27 bits per heavy atom. The molecule has 2 aromatic carbocycles. The number of phenols is 1. The average Bonchev–Trinajstić information content (AvgIpc) is 2.74. The number of carboxylic acids is 2. The zero-order valence-corrected chi connectivity index (χ0v) is 22.0. The third kappa shape index (κ3) is 12.3. The summed E-state index contributed by atoms with van der Waals surface area (Å²) in [6.45, 7) is 4.30.